The number of fused-ring (bicyclic) bond motifs is 3. The summed E-state index contributed by atoms with van der Waals surface area (Å²) in [4.78, 5) is 22.8. The molecule has 1 fully saturated rings. The van der Waals surface area contributed by atoms with Crippen LogP contribution in [0.15, 0.2) is 78.9 Å². The van der Waals surface area contributed by atoms with Gasteiger partial charge in [0.15, 0.2) is 11.5 Å². The molecule has 3 aromatic carbocycles. The number of aromatic nitrogens is 4. The molecule has 0 aliphatic carbocycles. The minimum atomic E-state index is -0.118. The van der Waals surface area contributed by atoms with Crippen LogP contribution in [0.4, 0.5) is 5.95 Å². The average molecular weight is 507 g/mol. The maximum atomic E-state index is 13.5. The van der Waals surface area contributed by atoms with Gasteiger partial charge in [-0.05, 0) is 48.4 Å². The number of para-hydroxylation sites is 1. The van der Waals surface area contributed by atoms with Gasteiger partial charge in [0.2, 0.25) is 11.9 Å². The summed E-state index contributed by atoms with van der Waals surface area (Å²) in [5.74, 6) is 2.38. The maximum Gasteiger partial charge on any atom is 0.230 e. The van der Waals surface area contributed by atoms with Gasteiger partial charge in [0.05, 0.1) is 18.5 Å². The zero-order valence-corrected chi connectivity index (χ0v) is 21.6. The van der Waals surface area contributed by atoms with Gasteiger partial charge in [-0.1, -0.05) is 49.4 Å². The predicted molar refractivity (Wildman–Crippen MR) is 149 cm³/mol. The van der Waals surface area contributed by atoms with E-state index in [4.69, 9.17) is 9.72 Å². The number of nitrogens with zero attached hydrogens (tertiary/aromatic N) is 6. The third-order valence-electron chi connectivity index (χ3n) is 7.36. The van der Waals surface area contributed by atoms with E-state index in [0.717, 1.165) is 51.6 Å². The molecule has 1 saturated heterocycles. The number of amides is 1. The van der Waals surface area contributed by atoms with Crippen molar-refractivity contribution in [1.82, 2.24) is 24.5 Å². The van der Waals surface area contributed by atoms with Crippen LogP contribution in [0, 0.1) is 0 Å². The lowest BCUT2D eigenvalue weighted by Gasteiger charge is -2.37. The SMILES string of the molecule is CCC(C(=O)N1CCN(c2nc3ccccc3c3nnc(-c4ccc(OC)cc4)n23)CC1)c1ccccc1. The number of benzene rings is 3. The zero-order chi connectivity index (χ0) is 26.1. The fraction of sp³-hybridized carbons (Fsp3) is 0.267. The van der Waals surface area contributed by atoms with E-state index in [9.17, 15) is 4.79 Å². The molecule has 38 heavy (non-hydrogen) atoms. The summed E-state index contributed by atoms with van der Waals surface area (Å²) in [5.41, 5.74) is 3.65. The van der Waals surface area contributed by atoms with Gasteiger partial charge in [0.1, 0.15) is 5.75 Å². The third-order valence-corrected chi connectivity index (χ3v) is 7.36. The second kappa shape index (κ2) is 10.1. The van der Waals surface area contributed by atoms with Crippen LogP contribution in [-0.4, -0.2) is 63.7 Å². The Bertz CT molecular complexity index is 1570. The molecule has 5 aromatic rings. The van der Waals surface area contributed by atoms with Crippen molar-refractivity contribution in [1.29, 1.82) is 0 Å². The van der Waals surface area contributed by atoms with Gasteiger partial charge >= 0.3 is 0 Å². The molecule has 0 spiro atoms. The first kappa shape index (κ1) is 23.9. The Morgan fingerprint density at radius 2 is 1.61 bits per heavy atom. The van der Waals surface area contributed by atoms with Crippen LogP contribution in [0.1, 0.15) is 24.8 Å². The van der Waals surface area contributed by atoms with Crippen LogP contribution >= 0.6 is 0 Å². The maximum absolute atomic E-state index is 13.5. The van der Waals surface area contributed by atoms with Gasteiger partial charge in [-0.15, -0.1) is 10.2 Å². The summed E-state index contributed by atoms with van der Waals surface area (Å²) in [6.07, 6.45) is 0.780. The van der Waals surface area contributed by atoms with E-state index in [1.807, 2.05) is 88.2 Å². The second-order valence-corrected chi connectivity index (χ2v) is 9.52. The minimum Gasteiger partial charge on any atom is -0.497 e. The van der Waals surface area contributed by atoms with Crippen LogP contribution in [-0.2, 0) is 4.79 Å². The molecule has 6 rings (SSSR count). The Balaban J connectivity index is 1.33. The molecule has 8 nitrogen and oxygen atoms in total. The van der Waals surface area contributed by atoms with Crippen molar-refractivity contribution in [3.05, 3.63) is 84.4 Å². The number of rotatable bonds is 6. The molecule has 3 heterocycles. The van der Waals surface area contributed by atoms with Crippen LogP contribution in [0.25, 0.3) is 27.9 Å². The lowest BCUT2D eigenvalue weighted by atomic mass is 9.95. The van der Waals surface area contributed by atoms with Crippen molar-refractivity contribution in [2.24, 2.45) is 0 Å². The number of methoxy groups -OCH3 is 1. The van der Waals surface area contributed by atoms with E-state index in [0.29, 0.717) is 26.2 Å². The number of hydrogen-bond acceptors (Lipinski definition) is 6. The molecule has 192 valence electrons. The highest BCUT2D eigenvalue weighted by Gasteiger charge is 2.29. The second-order valence-electron chi connectivity index (χ2n) is 9.52. The third kappa shape index (κ3) is 4.22. The van der Waals surface area contributed by atoms with Crippen molar-refractivity contribution < 1.29 is 9.53 Å². The Hall–Kier alpha value is -4.46. The smallest absolute Gasteiger partial charge is 0.230 e. The van der Waals surface area contributed by atoms with Gasteiger partial charge in [-0.25, -0.2) is 9.38 Å². The van der Waals surface area contributed by atoms with Crippen LogP contribution in [0.5, 0.6) is 5.75 Å². The first-order valence-corrected chi connectivity index (χ1v) is 13.0. The van der Waals surface area contributed by atoms with Gasteiger partial charge in [-0.2, -0.15) is 0 Å². The number of piperazine rings is 1. The van der Waals surface area contributed by atoms with Gasteiger partial charge in [-0.3, -0.25) is 4.79 Å². The largest absolute Gasteiger partial charge is 0.497 e. The number of hydrogen-bond donors (Lipinski definition) is 0. The molecule has 0 saturated carbocycles. The van der Waals surface area contributed by atoms with Crippen LogP contribution < -0.4 is 9.64 Å². The first-order chi connectivity index (χ1) is 18.7. The van der Waals surface area contributed by atoms with Crippen LogP contribution in [0.3, 0.4) is 0 Å². The molecule has 1 amide bonds. The number of carbonyl (C=O) groups is 1. The zero-order valence-electron chi connectivity index (χ0n) is 21.6. The molecule has 0 N–H and O–H groups in total. The molecule has 2 aromatic heterocycles. The fourth-order valence-electron chi connectivity index (χ4n) is 5.29. The standard InChI is InChI=1S/C30H30N6O2/c1-3-24(21-9-5-4-6-10-21)29(37)34-17-19-35(20-18-34)30-31-26-12-8-7-11-25(26)28-33-32-27(36(28)30)22-13-15-23(38-2)16-14-22/h4-16,24H,3,17-20H2,1-2H3. The molecule has 0 radical (unpaired) electrons. The molecule has 1 unspecified atom stereocenters. The van der Waals surface area contributed by atoms with Crippen molar-refractivity contribution in [2.45, 2.75) is 19.3 Å². The lowest BCUT2D eigenvalue weighted by Crippen LogP contribution is -2.50. The average Bonchev–Trinajstić information content (AvgIpc) is 3.43. The molecular weight excluding hydrogens is 476 g/mol. The van der Waals surface area contributed by atoms with E-state index in [1.165, 1.54) is 0 Å². The van der Waals surface area contributed by atoms with Gasteiger partial charge in [0, 0.05) is 37.1 Å². The fourth-order valence-corrected chi connectivity index (χ4v) is 5.29. The summed E-state index contributed by atoms with van der Waals surface area (Å²) in [6.45, 7) is 4.71. The van der Waals surface area contributed by atoms with E-state index >= 15 is 0 Å². The summed E-state index contributed by atoms with van der Waals surface area (Å²) in [5, 5.41) is 10.1. The molecule has 1 aliphatic rings. The number of carbonyl (C=O) groups excluding carboxylic acids is 1. The first-order valence-electron chi connectivity index (χ1n) is 13.0. The summed E-state index contributed by atoms with van der Waals surface area (Å²) in [7, 11) is 1.66. The van der Waals surface area contributed by atoms with Crippen LogP contribution in [0.2, 0.25) is 0 Å². The van der Waals surface area contributed by atoms with Crippen molar-refractivity contribution in [3.63, 3.8) is 0 Å². The summed E-state index contributed by atoms with van der Waals surface area (Å²) < 4.78 is 7.38. The van der Waals surface area contributed by atoms with E-state index in [2.05, 4.69) is 22.0 Å². The van der Waals surface area contributed by atoms with E-state index in [1.54, 1.807) is 7.11 Å². The van der Waals surface area contributed by atoms with E-state index in [-0.39, 0.29) is 11.8 Å². The molecule has 1 aliphatic heterocycles. The van der Waals surface area contributed by atoms with Crippen molar-refractivity contribution in [2.75, 3.05) is 38.2 Å². The Morgan fingerprint density at radius 1 is 0.895 bits per heavy atom. The molecule has 8 heteroatoms. The van der Waals surface area contributed by atoms with Gasteiger partial charge < -0.3 is 14.5 Å². The molecule has 0 bridgehead atoms. The highest BCUT2D eigenvalue weighted by Crippen LogP contribution is 2.30. The topological polar surface area (TPSA) is 75.9 Å². The highest BCUT2D eigenvalue weighted by atomic mass is 16.5. The van der Waals surface area contributed by atoms with Gasteiger partial charge in [0.25, 0.3) is 0 Å². The summed E-state index contributed by atoms with van der Waals surface area (Å²) in [6, 6.07) is 25.9. The molecule has 1 atom stereocenters. The quantitative estimate of drug-likeness (QED) is 0.330. The number of ether oxygens (including phenoxy) is 1. The lowest BCUT2D eigenvalue weighted by molar-refractivity contribution is -0.133. The Labute approximate surface area is 221 Å². The predicted octanol–water partition coefficient (Wildman–Crippen LogP) is 4.80. The minimum absolute atomic E-state index is 0.118. The summed E-state index contributed by atoms with van der Waals surface area (Å²) >= 11 is 0. The Kier molecular flexibility index (Phi) is 6.37. The molecular formula is C30H30N6O2. The Morgan fingerprint density at radius 3 is 2.32 bits per heavy atom. The van der Waals surface area contributed by atoms with E-state index < -0.39 is 0 Å². The highest BCUT2D eigenvalue weighted by molar-refractivity contribution is 5.93. The number of anilines is 1. The van der Waals surface area contributed by atoms with Crippen molar-refractivity contribution in [3.8, 4) is 17.1 Å². The monoisotopic (exact) mass is 506 g/mol. The normalized spacial score (nSPS) is 14.7. The van der Waals surface area contributed by atoms with Crippen molar-refractivity contribution >= 4 is 28.4 Å².